The van der Waals surface area contributed by atoms with Crippen molar-refractivity contribution >= 4 is 11.9 Å². The van der Waals surface area contributed by atoms with Crippen LogP contribution in [0.3, 0.4) is 0 Å². The van der Waals surface area contributed by atoms with Crippen molar-refractivity contribution in [2.24, 2.45) is 0 Å². The Morgan fingerprint density at radius 1 is 0.409 bits per heavy atom. The molecule has 0 aromatic heterocycles. The molecule has 0 fully saturated rings. The maximum Gasteiger partial charge on any atom is 0.386 e. The highest BCUT2D eigenvalue weighted by Crippen LogP contribution is 2.12. The van der Waals surface area contributed by atoms with Crippen LogP contribution in [0.5, 0.6) is 0 Å². The van der Waals surface area contributed by atoms with Crippen molar-refractivity contribution < 1.29 is 29.1 Å². The molecule has 44 heavy (non-hydrogen) atoms. The highest BCUT2D eigenvalue weighted by molar-refractivity contribution is 5.92. The fourth-order valence-corrected chi connectivity index (χ4v) is 4.74. The van der Waals surface area contributed by atoms with Gasteiger partial charge >= 0.3 is 11.9 Å². The molecule has 0 radical (unpaired) electrons. The molecule has 2 aromatic carbocycles. The highest BCUT2D eigenvalue weighted by Gasteiger charge is 2.13. The van der Waals surface area contributed by atoms with Gasteiger partial charge in [-0.2, -0.15) is 0 Å². The number of hydrogen-bond acceptors (Lipinski definition) is 6. The fraction of sp³-hybridized carbons (Fsp3) is 0.632. The standard InChI is InChI=1S/C24H50O2.C14H10O4/c1-3-5-7-9-11-13-15-17-19-21-23-25-26-24-22-20-18-16-14-12-10-8-6-4-2;15-13(11-7-3-1-4-8-11)17-18-14(16)12-9-5-2-6-10-12/h3-24H2,1-2H3;1-10H. The topological polar surface area (TPSA) is 71.1 Å². The Morgan fingerprint density at radius 2 is 0.682 bits per heavy atom. The summed E-state index contributed by atoms with van der Waals surface area (Å²) in [7, 11) is 0. The quantitative estimate of drug-likeness (QED) is 0.0631. The average molecular weight is 613 g/mol. The summed E-state index contributed by atoms with van der Waals surface area (Å²) in [5.41, 5.74) is 0.636. The smallest absolute Gasteiger partial charge is 0.242 e. The van der Waals surface area contributed by atoms with Crippen LogP contribution in [-0.4, -0.2) is 25.2 Å². The lowest BCUT2D eigenvalue weighted by Crippen LogP contribution is -2.11. The summed E-state index contributed by atoms with van der Waals surface area (Å²) in [4.78, 5) is 42.5. The summed E-state index contributed by atoms with van der Waals surface area (Å²) >= 11 is 0. The third-order valence-corrected chi connectivity index (χ3v) is 7.46. The molecular weight excluding hydrogens is 552 g/mol. The molecule has 0 heterocycles. The molecule has 0 saturated heterocycles. The van der Waals surface area contributed by atoms with Gasteiger partial charge in [-0.05, 0) is 37.1 Å². The second kappa shape index (κ2) is 30.3. The number of unbranched alkanes of at least 4 members (excludes halogenated alkanes) is 18. The predicted molar refractivity (Wildman–Crippen MR) is 179 cm³/mol. The highest BCUT2D eigenvalue weighted by atomic mass is 17.2. The second-order valence-electron chi connectivity index (χ2n) is 11.5. The van der Waals surface area contributed by atoms with Crippen LogP contribution in [-0.2, 0) is 19.6 Å². The molecule has 0 N–H and O–H groups in total. The van der Waals surface area contributed by atoms with E-state index in [0.29, 0.717) is 11.1 Å². The summed E-state index contributed by atoms with van der Waals surface area (Å²) in [6, 6.07) is 16.6. The van der Waals surface area contributed by atoms with Gasteiger partial charge in [0.1, 0.15) is 0 Å². The molecule has 0 atom stereocenters. The molecule has 0 unspecified atom stereocenters. The minimum absolute atomic E-state index is 0.318. The summed E-state index contributed by atoms with van der Waals surface area (Å²) in [5.74, 6) is -1.42. The van der Waals surface area contributed by atoms with Crippen molar-refractivity contribution in [3.63, 3.8) is 0 Å². The van der Waals surface area contributed by atoms with E-state index in [1.807, 2.05) is 0 Å². The minimum atomic E-state index is -0.708. The molecule has 248 valence electrons. The predicted octanol–water partition coefficient (Wildman–Crippen LogP) is 11.4. The van der Waals surface area contributed by atoms with E-state index >= 15 is 0 Å². The molecule has 2 rings (SSSR count). The largest absolute Gasteiger partial charge is 0.386 e. The van der Waals surface area contributed by atoms with Gasteiger partial charge in [0.05, 0.1) is 24.3 Å². The van der Waals surface area contributed by atoms with Crippen LogP contribution in [0.1, 0.15) is 163 Å². The lowest BCUT2D eigenvalue weighted by atomic mass is 10.1. The molecule has 6 nitrogen and oxygen atoms in total. The Labute approximate surface area is 268 Å². The van der Waals surface area contributed by atoms with Crippen molar-refractivity contribution in [3.05, 3.63) is 71.8 Å². The molecule has 0 aliphatic heterocycles. The van der Waals surface area contributed by atoms with Crippen molar-refractivity contribution in [2.45, 2.75) is 142 Å². The SMILES string of the molecule is CCCCCCCCCCCCOOCCCCCCCCCCCC.O=C(OOC(=O)c1ccccc1)c1ccccc1. The third kappa shape index (κ3) is 23.7. The molecule has 6 heteroatoms. The minimum Gasteiger partial charge on any atom is -0.242 e. The first kappa shape index (κ1) is 39.3. The van der Waals surface area contributed by atoms with Gasteiger partial charge in [-0.3, -0.25) is 0 Å². The molecular formula is C38H60O6. The molecule has 0 bridgehead atoms. The molecule has 0 aliphatic carbocycles. The van der Waals surface area contributed by atoms with Crippen LogP contribution >= 0.6 is 0 Å². The second-order valence-corrected chi connectivity index (χ2v) is 11.5. The van der Waals surface area contributed by atoms with E-state index in [9.17, 15) is 9.59 Å². The van der Waals surface area contributed by atoms with E-state index in [0.717, 1.165) is 26.1 Å². The Balaban J connectivity index is 0.000000466. The summed E-state index contributed by atoms with van der Waals surface area (Å²) in [5, 5.41) is 0. The van der Waals surface area contributed by atoms with Gasteiger partial charge in [-0.25, -0.2) is 29.1 Å². The molecule has 2 aromatic rings. The van der Waals surface area contributed by atoms with E-state index < -0.39 is 11.9 Å². The van der Waals surface area contributed by atoms with Gasteiger partial charge in [0.25, 0.3) is 0 Å². The van der Waals surface area contributed by atoms with Gasteiger partial charge < -0.3 is 0 Å². The number of carbonyl (C=O) groups excluding carboxylic acids is 2. The van der Waals surface area contributed by atoms with Crippen molar-refractivity contribution in [3.8, 4) is 0 Å². The first-order valence-electron chi connectivity index (χ1n) is 17.5. The van der Waals surface area contributed by atoms with Crippen LogP contribution < -0.4 is 0 Å². The monoisotopic (exact) mass is 612 g/mol. The Bertz CT molecular complexity index is 827. The summed E-state index contributed by atoms with van der Waals surface area (Å²) in [6.45, 7) is 6.11. The van der Waals surface area contributed by atoms with Crippen LogP contribution in [0, 0.1) is 0 Å². The van der Waals surface area contributed by atoms with E-state index in [-0.39, 0.29) is 0 Å². The lowest BCUT2D eigenvalue weighted by Gasteiger charge is -2.05. The Morgan fingerprint density at radius 3 is 0.977 bits per heavy atom. The van der Waals surface area contributed by atoms with Gasteiger partial charge in [0.15, 0.2) is 0 Å². The fourth-order valence-electron chi connectivity index (χ4n) is 4.74. The first-order chi connectivity index (χ1) is 21.7. The maximum atomic E-state index is 11.5. The zero-order valence-corrected chi connectivity index (χ0v) is 27.8. The normalized spacial score (nSPS) is 10.6. The van der Waals surface area contributed by atoms with E-state index in [1.54, 1.807) is 60.7 Å². The Hall–Kier alpha value is -2.70. The van der Waals surface area contributed by atoms with Gasteiger partial charge in [-0.15, -0.1) is 0 Å². The summed E-state index contributed by atoms with van der Waals surface area (Å²) < 4.78 is 0. The molecule has 0 aliphatic rings. The van der Waals surface area contributed by atoms with Crippen LogP contribution in [0.15, 0.2) is 60.7 Å². The number of carbonyl (C=O) groups is 2. The third-order valence-electron chi connectivity index (χ3n) is 7.46. The van der Waals surface area contributed by atoms with Gasteiger partial charge in [0.2, 0.25) is 0 Å². The van der Waals surface area contributed by atoms with Crippen molar-refractivity contribution in [1.82, 2.24) is 0 Å². The maximum absolute atomic E-state index is 11.5. The van der Waals surface area contributed by atoms with E-state index in [2.05, 4.69) is 23.6 Å². The Kier molecular flexibility index (Phi) is 27.1. The molecule has 0 saturated carbocycles. The van der Waals surface area contributed by atoms with Crippen LogP contribution in [0.2, 0.25) is 0 Å². The van der Waals surface area contributed by atoms with Crippen LogP contribution in [0.4, 0.5) is 0 Å². The zero-order valence-electron chi connectivity index (χ0n) is 27.8. The number of hydrogen-bond donors (Lipinski definition) is 0. The molecule has 0 amide bonds. The van der Waals surface area contributed by atoms with E-state index in [4.69, 9.17) is 9.78 Å². The average Bonchev–Trinajstić information content (AvgIpc) is 3.07. The molecule has 0 spiro atoms. The number of rotatable bonds is 25. The number of benzene rings is 2. The van der Waals surface area contributed by atoms with Crippen molar-refractivity contribution in [1.29, 1.82) is 0 Å². The van der Waals surface area contributed by atoms with Gasteiger partial charge in [-0.1, -0.05) is 166 Å². The first-order valence-corrected chi connectivity index (χ1v) is 17.5. The van der Waals surface area contributed by atoms with Gasteiger partial charge in [0, 0.05) is 0 Å². The van der Waals surface area contributed by atoms with Crippen molar-refractivity contribution in [2.75, 3.05) is 13.2 Å². The zero-order chi connectivity index (χ0) is 31.8. The van der Waals surface area contributed by atoms with Crippen LogP contribution in [0.25, 0.3) is 0 Å². The summed E-state index contributed by atoms with van der Waals surface area (Å²) in [6.07, 6.45) is 27.3. The lowest BCUT2D eigenvalue weighted by molar-refractivity contribution is -0.295. The van der Waals surface area contributed by atoms with E-state index in [1.165, 1.54) is 116 Å².